The highest BCUT2D eigenvalue weighted by atomic mass is 16.4. The first-order valence-electron chi connectivity index (χ1n) is 9.39. The molecule has 0 aliphatic heterocycles. The molecule has 7 heteroatoms. The van der Waals surface area contributed by atoms with E-state index in [0.29, 0.717) is 22.9 Å². The number of aliphatic hydroxyl groups excluding tert-OH is 1. The van der Waals surface area contributed by atoms with E-state index < -0.39 is 12.1 Å². The molecular formula is C22H24N2O5. The average Bonchev–Trinajstić information content (AvgIpc) is 2.66. The van der Waals surface area contributed by atoms with Crippen LogP contribution in [0.1, 0.15) is 29.7 Å². The van der Waals surface area contributed by atoms with E-state index in [1.54, 1.807) is 18.2 Å². The van der Waals surface area contributed by atoms with Gasteiger partial charge in [-0.3, -0.25) is 9.59 Å². The zero-order chi connectivity index (χ0) is 21.0. The van der Waals surface area contributed by atoms with E-state index >= 15 is 0 Å². The van der Waals surface area contributed by atoms with Crippen molar-refractivity contribution in [3.8, 4) is 5.75 Å². The lowest BCUT2D eigenvalue weighted by Crippen LogP contribution is -2.32. The molecule has 3 aromatic rings. The van der Waals surface area contributed by atoms with Crippen molar-refractivity contribution < 1.29 is 20.1 Å². The fraction of sp³-hybridized carbons (Fsp3) is 0.273. The summed E-state index contributed by atoms with van der Waals surface area (Å²) in [5, 5.41) is 33.4. The Labute approximate surface area is 167 Å². The van der Waals surface area contributed by atoms with Crippen molar-refractivity contribution in [3.05, 3.63) is 75.6 Å². The van der Waals surface area contributed by atoms with E-state index in [1.165, 1.54) is 12.1 Å². The predicted molar refractivity (Wildman–Crippen MR) is 110 cm³/mol. The van der Waals surface area contributed by atoms with Crippen LogP contribution in [0, 0.1) is 0 Å². The maximum Gasteiger partial charge on any atom is 0.307 e. The number of aromatic nitrogens is 1. The lowest BCUT2D eigenvalue weighted by atomic mass is 10.0. The lowest BCUT2D eigenvalue weighted by Gasteiger charge is -2.19. The number of carboxylic acids is 1. The van der Waals surface area contributed by atoms with Crippen LogP contribution in [0.2, 0.25) is 0 Å². The van der Waals surface area contributed by atoms with E-state index in [2.05, 4.69) is 10.3 Å². The number of H-pyrrole nitrogens is 1. The van der Waals surface area contributed by atoms with Crippen molar-refractivity contribution in [3.63, 3.8) is 0 Å². The number of benzene rings is 2. The number of hydrogen-bond acceptors (Lipinski definition) is 5. The van der Waals surface area contributed by atoms with Gasteiger partial charge in [0.1, 0.15) is 5.75 Å². The molecule has 0 aliphatic rings. The van der Waals surface area contributed by atoms with Crippen LogP contribution in [-0.2, 0) is 17.6 Å². The van der Waals surface area contributed by atoms with Crippen molar-refractivity contribution in [2.24, 2.45) is 0 Å². The number of carboxylic acid groups (broad SMARTS) is 1. The molecule has 0 fully saturated rings. The fourth-order valence-corrected chi connectivity index (χ4v) is 3.44. The van der Waals surface area contributed by atoms with Gasteiger partial charge in [0.25, 0.3) is 0 Å². The molecule has 152 valence electrons. The molecule has 0 radical (unpaired) electrons. The van der Waals surface area contributed by atoms with E-state index in [0.717, 1.165) is 11.1 Å². The Kier molecular flexibility index (Phi) is 6.31. The third-order valence-electron chi connectivity index (χ3n) is 4.81. The summed E-state index contributed by atoms with van der Waals surface area (Å²) < 4.78 is 0. The smallest absolute Gasteiger partial charge is 0.307 e. The summed E-state index contributed by atoms with van der Waals surface area (Å²) in [6.45, 7) is 2.28. The standard InChI is InChI=1S/C22H24N2O5/c1-13(9-14-3-2-4-15(10-14)11-21(28)29)23-12-19(26)16-5-7-18(25)22-17(16)6-8-20(27)24-22/h2-8,10,13,19,23,25-26H,9,11-12H2,1H3,(H,24,27)(H,28,29). The molecule has 2 aromatic carbocycles. The van der Waals surface area contributed by atoms with Gasteiger partial charge in [-0.05, 0) is 42.2 Å². The lowest BCUT2D eigenvalue weighted by molar-refractivity contribution is -0.136. The highest BCUT2D eigenvalue weighted by Gasteiger charge is 2.15. The van der Waals surface area contributed by atoms with Gasteiger partial charge in [0.15, 0.2) is 0 Å². The number of fused-ring (bicyclic) bond motifs is 1. The monoisotopic (exact) mass is 396 g/mol. The zero-order valence-corrected chi connectivity index (χ0v) is 16.1. The number of phenols is 1. The van der Waals surface area contributed by atoms with Crippen LogP contribution in [-0.4, -0.2) is 38.9 Å². The number of aromatic amines is 1. The summed E-state index contributed by atoms with van der Waals surface area (Å²) in [6, 6.07) is 13.6. The van der Waals surface area contributed by atoms with Crippen molar-refractivity contribution in [1.82, 2.24) is 10.3 Å². The third-order valence-corrected chi connectivity index (χ3v) is 4.81. The highest BCUT2D eigenvalue weighted by Crippen LogP contribution is 2.28. The Morgan fingerprint density at radius 1 is 1.14 bits per heavy atom. The molecule has 0 spiro atoms. The molecule has 0 aliphatic carbocycles. The summed E-state index contributed by atoms with van der Waals surface area (Å²) in [4.78, 5) is 25.0. The number of hydrogen-bond donors (Lipinski definition) is 5. The normalized spacial score (nSPS) is 13.3. The van der Waals surface area contributed by atoms with Gasteiger partial charge in [0.05, 0.1) is 18.0 Å². The highest BCUT2D eigenvalue weighted by molar-refractivity contribution is 5.87. The molecule has 0 saturated heterocycles. The summed E-state index contributed by atoms with van der Waals surface area (Å²) in [5.74, 6) is -0.907. The quantitative estimate of drug-likeness (QED) is 0.397. The molecule has 1 aromatic heterocycles. The second-order valence-electron chi connectivity index (χ2n) is 7.20. The number of nitrogens with one attached hydrogen (secondary N) is 2. The summed E-state index contributed by atoms with van der Waals surface area (Å²) in [7, 11) is 0. The van der Waals surface area contributed by atoms with Crippen molar-refractivity contribution >= 4 is 16.9 Å². The van der Waals surface area contributed by atoms with Gasteiger partial charge in [0.2, 0.25) is 5.56 Å². The van der Waals surface area contributed by atoms with Gasteiger partial charge in [-0.1, -0.05) is 30.3 Å². The number of rotatable bonds is 8. The van der Waals surface area contributed by atoms with Crippen molar-refractivity contribution in [2.45, 2.75) is 31.9 Å². The van der Waals surface area contributed by atoms with E-state index in [1.807, 2.05) is 25.1 Å². The van der Waals surface area contributed by atoms with E-state index in [4.69, 9.17) is 5.11 Å². The van der Waals surface area contributed by atoms with Gasteiger partial charge in [0, 0.05) is 24.0 Å². The number of phenolic OH excluding ortho intramolecular Hbond substituents is 1. The zero-order valence-electron chi connectivity index (χ0n) is 16.1. The average molecular weight is 396 g/mol. The Balaban J connectivity index is 1.66. The van der Waals surface area contributed by atoms with Crippen LogP contribution in [0.15, 0.2) is 53.3 Å². The molecule has 3 rings (SSSR count). The molecule has 0 amide bonds. The predicted octanol–water partition coefficient (Wildman–Crippen LogP) is 2.11. The largest absolute Gasteiger partial charge is 0.506 e. The van der Waals surface area contributed by atoms with Gasteiger partial charge in [-0.25, -0.2) is 0 Å². The van der Waals surface area contributed by atoms with Crippen LogP contribution in [0.25, 0.3) is 10.9 Å². The minimum atomic E-state index is -0.862. The molecular weight excluding hydrogens is 372 g/mol. The van der Waals surface area contributed by atoms with Gasteiger partial charge < -0.3 is 25.6 Å². The summed E-state index contributed by atoms with van der Waals surface area (Å²) in [5.41, 5.74) is 2.36. The number of aromatic hydroxyl groups is 1. The van der Waals surface area contributed by atoms with Gasteiger partial charge in [-0.15, -0.1) is 0 Å². The third kappa shape index (κ3) is 5.22. The maximum absolute atomic E-state index is 11.5. The second kappa shape index (κ2) is 8.89. The number of aliphatic hydroxyl groups is 1. The second-order valence-corrected chi connectivity index (χ2v) is 7.20. The van der Waals surface area contributed by atoms with Gasteiger partial charge in [-0.2, -0.15) is 0 Å². The SMILES string of the molecule is CC(Cc1cccc(CC(=O)O)c1)NCC(O)c1ccc(O)c2[nH]c(=O)ccc12. The van der Waals surface area contributed by atoms with Crippen LogP contribution in [0.3, 0.4) is 0 Å². The maximum atomic E-state index is 11.5. The molecule has 1 heterocycles. The first-order chi connectivity index (χ1) is 13.8. The molecule has 0 bridgehead atoms. The minimum absolute atomic E-state index is 0.00954. The Hall–Kier alpha value is -3.16. The number of carbonyl (C=O) groups is 1. The fourth-order valence-electron chi connectivity index (χ4n) is 3.44. The molecule has 29 heavy (non-hydrogen) atoms. The van der Waals surface area contributed by atoms with Crippen LogP contribution >= 0.6 is 0 Å². The van der Waals surface area contributed by atoms with E-state index in [-0.39, 0.29) is 30.3 Å². The van der Waals surface area contributed by atoms with Crippen LogP contribution < -0.4 is 10.9 Å². The number of pyridine rings is 1. The number of aliphatic carboxylic acids is 1. The topological polar surface area (TPSA) is 123 Å². The summed E-state index contributed by atoms with van der Waals surface area (Å²) in [6.07, 6.45) is -0.154. The van der Waals surface area contributed by atoms with Crippen LogP contribution in [0.4, 0.5) is 0 Å². The Bertz CT molecular complexity index is 1080. The molecule has 5 N–H and O–H groups in total. The van der Waals surface area contributed by atoms with Crippen molar-refractivity contribution in [2.75, 3.05) is 6.54 Å². The minimum Gasteiger partial charge on any atom is -0.506 e. The van der Waals surface area contributed by atoms with E-state index in [9.17, 15) is 19.8 Å². The van der Waals surface area contributed by atoms with Crippen molar-refractivity contribution in [1.29, 1.82) is 0 Å². The molecule has 2 atom stereocenters. The van der Waals surface area contributed by atoms with Crippen LogP contribution in [0.5, 0.6) is 5.75 Å². The molecule has 7 nitrogen and oxygen atoms in total. The Morgan fingerprint density at radius 2 is 1.90 bits per heavy atom. The van der Waals surface area contributed by atoms with Gasteiger partial charge >= 0.3 is 5.97 Å². The first kappa shape index (κ1) is 20.6. The molecule has 2 unspecified atom stereocenters. The Morgan fingerprint density at radius 3 is 2.66 bits per heavy atom. The first-order valence-corrected chi connectivity index (χ1v) is 9.39. The summed E-state index contributed by atoms with van der Waals surface area (Å²) >= 11 is 0. The molecule has 0 saturated carbocycles.